The van der Waals surface area contributed by atoms with E-state index in [1.54, 1.807) is 6.92 Å². The molecule has 32 heavy (non-hydrogen) atoms. The highest BCUT2D eigenvalue weighted by Gasteiger charge is 2.26. The molecule has 0 aliphatic carbocycles. The molecule has 6 nitrogen and oxygen atoms in total. The van der Waals surface area contributed by atoms with Crippen LogP contribution in [-0.2, 0) is 4.79 Å². The summed E-state index contributed by atoms with van der Waals surface area (Å²) in [6, 6.07) is 15.6. The number of hydrogen-bond acceptors (Lipinski definition) is 4. The van der Waals surface area contributed by atoms with Gasteiger partial charge < -0.3 is 19.9 Å². The highest BCUT2D eigenvalue weighted by atomic mass is 16.5. The monoisotopic (exact) mass is 437 g/mol. The average molecular weight is 438 g/mol. The van der Waals surface area contributed by atoms with Crippen LogP contribution in [0.15, 0.2) is 48.5 Å². The average Bonchev–Trinajstić information content (AvgIpc) is 2.79. The lowest BCUT2D eigenvalue weighted by molar-refractivity contribution is -0.128. The molecule has 1 heterocycles. The van der Waals surface area contributed by atoms with Gasteiger partial charge in [-0.25, -0.2) is 0 Å². The molecule has 2 amide bonds. The summed E-state index contributed by atoms with van der Waals surface area (Å²) < 4.78 is 5.97. The molecule has 0 radical (unpaired) electrons. The van der Waals surface area contributed by atoms with E-state index in [0.717, 1.165) is 29.8 Å². The zero-order chi connectivity index (χ0) is 23.3. The molecule has 0 spiro atoms. The summed E-state index contributed by atoms with van der Waals surface area (Å²) in [5.74, 6) is 1.00. The van der Waals surface area contributed by atoms with Crippen molar-refractivity contribution < 1.29 is 14.3 Å². The highest BCUT2D eigenvalue weighted by Crippen LogP contribution is 2.27. The Labute approximate surface area is 191 Å². The van der Waals surface area contributed by atoms with E-state index in [2.05, 4.69) is 19.2 Å². The van der Waals surface area contributed by atoms with E-state index in [4.69, 9.17) is 4.74 Å². The van der Waals surface area contributed by atoms with Gasteiger partial charge in [0.1, 0.15) is 5.75 Å². The van der Waals surface area contributed by atoms with Crippen molar-refractivity contribution >= 4 is 17.5 Å². The standard InChI is InChI=1S/C26H35N3O3/c1-18(2)23-8-6-7-9-24(23)32-19(3)25(30)27-21-14-16-29(17-15-21)26(31)20-10-12-22(13-11-20)28(4)5/h6-13,18-19,21H,14-17H2,1-5H3,(H,27,30). The largest absolute Gasteiger partial charge is 0.481 e. The summed E-state index contributed by atoms with van der Waals surface area (Å²) in [7, 11) is 3.95. The SMILES string of the molecule is CC(Oc1ccccc1C(C)C)C(=O)NC1CCN(C(=O)c2ccc(N(C)C)cc2)CC1. The van der Waals surface area contributed by atoms with Gasteiger partial charge in [-0.1, -0.05) is 32.0 Å². The lowest BCUT2D eigenvalue weighted by Gasteiger charge is -2.33. The maximum atomic E-state index is 12.8. The second kappa shape index (κ2) is 10.5. The molecule has 2 aromatic carbocycles. The number of nitrogens with one attached hydrogen (secondary N) is 1. The van der Waals surface area contributed by atoms with Crippen LogP contribution in [0.25, 0.3) is 0 Å². The third-order valence-corrected chi connectivity index (χ3v) is 5.97. The molecule has 1 N–H and O–H groups in total. The lowest BCUT2D eigenvalue weighted by atomic mass is 10.0. The molecule has 1 saturated heterocycles. The molecule has 1 atom stereocenters. The summed E-state index contributed by atoms with van der Waals surface area (Å²) in [6.45, 7) is 7.26. The van der Waals surface area contributed by atoms with Gasteiger partial charge in [0.25, 0.3) is 11.8 Å². The van der Waals surface area contributed by atoms with E-state index in [1.165, 1.54) is 0 Å². The molecular formula is C26H35N3O3. The van der Waals surface area contributed by atoms with Crippen LogP contribution < -0.4 is 15.0 Å². The maximum Gasteiger partial charge on any atom is 0.260 e. The maximum absolute atomic E-state index is 12.8. The first-order chi connectivity index (χ1) is 15.3. The number of nitrogens with zero attached hydrogens (tertiary/aromatic N) is 2. The Kier molecular flexibility index (Phi) is 7.78. The predicted molar refractivity (Wildman–Crippen MR) is 128 cm³/mol. The van der Waals surface area contributed by atoms with E-state index in [9.17, 15) is 9.59 Å². The van der Waals surface area contributed by atoms with Crippen molar-refractivity contribution in [3.05, 3.63) is 59.7 Å². The molecule has 1 unspecified atom stereocenters. The molecule has 1 aliphatic heterocycles. The first-order valence-corrected chi connectivity index (χ1v) is 11.4. The predicted octanol–water partition coefficient (Wildman–Crippen LogP) is 4.06. The molecule has 1 aliphatic rings. The van der Waals surface area contributed by atoms with Gasteiger partial charge in [-0.3, -0.25) is 9.59 Å². The van der Waals surface area contributed by atoms with Crippen LogP contribution in [0.5, 0.6) is 5.75 Å². The minimum Gasteiger partial charge on any atom is -0.481 e. The van der Waals surface area contributed by atoms with E-state index < -0.39 is 6.10 Å². The second-order valence-corrected chi connectivity index (χ2v) is 8.97. The summed E-state index contributed by atoms with van der Waals surface area (Å²) >= 11 is 0. The van der Waals surface area contributed by atoms with Crippen molar-refractivity contribution in [2.45, 2.75) is 51.7 Å². The smallest absolute Gasteiger partial charge is 0.260 e. The molecule has 6 heteroatoms. The van der Waals surface area contributed by atoms with Gasteiger partial charge >= 0.3 is 0 Å². The van der Waals surface area contributed by atoms with Crippen LogP contribution in [0.2, 0.25) is 0 Å². The van der Waals surface area contributed by atoms with E-state index in [1.807, 2.05) is 72.4 Å². The number of amides is 2. The van der Waals surface area contributed by atoms with Crippen LogP contribution in [0, 0.1) is 0 Å². The number of carbonyl (C=O) groups excluding carboxylic acids is 2. The van der Waals surface area contributed by atoms with E-state index >= 15 is 0 Å². The van der Waals surface area contributed by atoms with Gasteiger partial charge in [-0.2, -0.15) is 0 Å². The first kappa shape index (κ1) is 23.6. The molecular weight excluding hydrogens is 402 g/mol. The van der Waals surface area contributed by atoms with Gasteiger partial charge in [0, 0.05) is 44.5 Å². The Bertz CT molecular complexity index is 916. The Morgan fingerprint density at radius 2 is 1.62 bits per heavy atom. The Hall–Kier alpha value is -3.02. The minimum absolute atomic E-state index is 0.0436. The van der Waals surface area contributed by atoms with Gasteiger partial charge in [-0.05, 0) is 61.6 Å². The number of likely N-dealkylation sites (tertiary alicyclic amines) is 1. The minimum atomic E-state index is -0.579. The Morgan fingerprint density at radius 3 is 2.22 bits per heavy atom. The second-order valence-electron chi connectivity index (χ2n) is 8.97. The number of rotatable bonds is 7. The van der Waals surface area contributed by atoms with Gasteiger partial charge in [-0.15, -0.1) is 0 Å². The van der Waals surface area contributed by atoms with Crippen molar-refractivity contribution in [1.82, 2.24) is 10.2 Å². The van der Waals surface area contributed by atoms with Crippen molar-refractivity contribution in [3.8, 4) is 5.75 Å². The highest BCUT2D eigenvalue weighted by molar-refractivity contribution is 5.94. The summed E-state index contributed by atoms with van der Waals surface area (Å²) in [5.41, 5.74) is 2.86. The number of hydrogen-bond donors (Lipinski definition) is 1. The Balaban J connectivity index is 1.50. The number of ether oxygens (including phenoxy) is 1. The van der Waals surface area contributed by atoms with Gasteiger partial charge in [0.05, 0.1) is 0 Å². The normalized spacial score (nSPS) is 15.4. The van der Waals surface area contributed by atoms with Crippen molar-refractivity contribution in [2.75, 3.05) is 32.1 Å². The fourth-order valence-corrected chi connectivity index (χ4v) is 3.94. The van der Waals surface area contributed by atoms with E-state index in [0.29, 0.717) is 24.6 Å². The molecule has 1 fully saturated rings. The zero-order valence-electron chi connectivity index (χ0n) is 19.8. The van der Waals surface area contributed by atoms with Crippen LogP contribution in [0.1, 0.15) is 55.5 Å². The first-order valence-electron chi connectivity index (χ1n) is 11.4. The summed E-state index contributed by atoms with van der Waals surface area (Å²) in [5, 5.41) is 3.10. The van der Waals surface area contributed by atoms with Gasteiger partial charge in [0.2, 0.25) is 0 Å². The molecule has 0 saturated carbocycles. The fraction of sp³-hybridized carbons (Fsp3) is 0.462. The molecule has 3 rings (SSSR count). The van der Waals surface area contributed by atoms with Crippen LogP contribution in [0.4, 0.5) is 5.69 Å². The van der Waals surface area contributed by atoms with Crippen LogP contribution in [-0.4, -0.2) is 56.0 Å². The Morgan fingerprint density at radius 1 is 1.00 bits per heavy atom. The number of piperidine rings is 1. The number of para-hydroxylation sites is 1. The van der Waals surface area contributed by atoms with Gasteiger partial charge in [0.15, 0.2) is 6.10 Å². The zero-order valence-corrected chi connectivity index (χ0v) is 19.8. The molecule has 0 aromatic heterocycles. The summed E-state index contributed by atoms with van der Waals surface area (Å²) in [6.07, 6.45) is 0.898. The van der Waals surface area contributed by atoms with Crippen molar-refractivity contribution in [3.63, 3.8) is 0 Å². The van der Waals surface area contributed by atoms with Crippen LogP contribution >= 0.6 is 0 Å². The number of carbonyl (C=O) groups is 2. The number of anilines is 1. The molecule has 2 aromatic rings. The van der Waals surface area contributed by atoms with Crippen molar-refractivity contribution in [1.29, 1.82) is 0 Å². The number of benzene rings is 2. The third kappa shape index (κ3) is 5.81. The van der Waals surface area contributed by atoms with Crippen LogP contribution in [0.3, 0.4) is 0 Å². The quantitative estimate of drug-likeness (QED) is 0.710. The third-order valence-electron chi connectivity index (χ3n) is 5.97. The lowest BCUT2D eigenvalue weighted by Crippen LogP contribution is -2.49. The van der Waals surface area contributed by atoms with E-state index in [-0.39, 0.29) is 17.9 Å². The topological polar surface area (TPSA) is 61.9 Å². The molecule has 0 bridgehead atoms. The molecule has 172 valence electrons. The fourth-order valence-electron chi connectivity index (χ4n) is 3.94. The summed E-state index contributed by atoms with van der Waals surface area (Å²) in [4.78, 5) is 29.4. The van der Waals surface area contributed by atoms with Crippen molar-refractivity contribution in [2.24, 2.45) is 0 Å².